The summed E-state index contributed by atoms with van der Waals surface area (Å²) in [5.74, 6) is -2.59. The SMILES string of the molecule is CN(C)CC1(COc2nc(N3CCCn4nc(C(=O)N(C)C)c(Cl)c4C3)c(C#N)c(N3CC4(CCCc5sc(N)c(C#N)c54)C3)n2)CC1(F)F. The van der Waals surface area contributed by atoms with Gasteiger partial charge in [-0.15, -0.1) is 11.3 Å². The molecule has 3 aromatic heterocycles. The predicted octanol–water partition coefficient (Wildman–Crippen LogP) is 3.89. The first kappa shape index (κ1) is 34.2. The molecule has 2 aliphatic carbocycles. The number of nitrogens with zero attached hydrogens (tertiary/aromatic N) is 10. The number of carbonyl (C=O) groups is 1. The molecule has 1 saturated heterocycles. The highest BCUT2D eigenvalue weighted by atomic mass is 35.5. The van der Waals surface area contributed by atoms with E-state index in [0.29, 0.717) is 54.7 Å². The van der Waals surface area contributed by atoms with Gasteiger partial charge < -0.3 is 30.1 Å². The fourth-order valence-corrected chi connectivity index (χ4v) is 9.28. The molecule has 1 spiro atoms. The lowest BCUT2D eigenvalue weighted by Crippen LogP contribution is -2.61. The highest BCUT2D eigenvalue weighted by molar-refractivity contribution is 7.16. The smallest absolute Gasteiger partial charge is 0.320 e. The zero-order valence-electron chi connectivity index (χ0n) is 28.4. The Labute approximate surface area is 297 Å². The molecule has 1 unspecified atom stereocenters. The Balaban J connectivity index is 1.27. The Hall–Kier alpha value is -4.25. The van der Waals surface area contributed by atoms with Gasteiger partial charge in [-0.05, 0) is 45.3 Å². The van der Waals surface area contributed by atoms with Crippen molar-refractivity contribution in [2.24, 2.45) is 5.41 Å². The number of rotatable bonds is 8. The predicted molar refractivity (Wildman–Crippen MR) is 184 cm³/mol. The summed E-state index contributed by atoms with van der Waals surface area (Å²) in [4.78, 5) is 30.3. The average molecular weight is 726 g/mol. The van der Waals surface area contributed by atoms with Crippen LogP contribution in [0, 0.1) is 28.1 Å². The van der Waals surface area contributed by atoms with Crippen LogP contribution in [0.2, 0.25) is 5.02 Å². The number of aryl methyl sites for hydroxylation is 2. The number of nitrogens with two attached hydrogens (primary N) is 1. The summed E-state index contributed by atoms with van der Waals surface area (Å²) in [6.07, 6.45) is 2.96. The van der Waals surface area contributed by atoms with E-state index in [4.69, 9.17) is 32.0 Å². The quantitative estimate of drug-likeness (QED) is 0.360. The van der Waals surface area contributed by atoms with Gasteiger partial charge in [-0.25, -0.2) is 8.78 Å². The van der Waals surface area contributed by atoms with E-state index in [1.54, 1.807) is 37.8 Å². The number of hydrogen-bond donors (Lipinski definition) is 1. The van der Waals surface area contributed by atoms with Crippen molar-refractivity contribution in [1.82, 2.24) is 29.5 Å². The first-order valence-corrected chi connectivity index (χ1v) is 17.7. The lowest BCUT2D eigenvalue weighted by Gasteiger charge is -2.53. The zero-order valence-corrected chi connectivity index (χ0v) is 30.0. The van der Waals surface area contributed by atoms with Crippen molar-refractivity contribution in [3.05, 3.63) is 38.0 Å². The molecule has 4 aliphatic rings. The van der Waals surface area contributed by atoms with Crippen LogP contribution in [0.3, 0.4) is 0 Å². The number of alkyl halides is 2. The van der Waals surface area contributed by atoms with Gasteiger partial charge in [0.05, 0.1) is 28.2 Å². The number of nitrogen functional groups attached to an aromatic ring is 1. The number of ether oxygens (including phenoxy) is 1. The molecule has 2 N–H and O–H groups in total. The zero-order chi connectivity index (χ0) is 35.7. The topological polar surface area (TPSA) is 156 Å². The Bertz CT molecular complexity index is 1960. The number of hydrogen-bond acceptors (Lipinski definition) is 12. The number of anilines is 3. The minimum Gasteiger partial charge on any atom is -0.462 e. The summed E-state index contributed by atoms with van der Waals surface area (Å²) in [5.41, 5.74) is 7.03. The second-order valence-corrected chi connectivity index (χ2v) is 15.9. The number of thiophene rings is 1. The molecule has 264 valence electrons. The van der Waals surface area contributed by atoms with Gasteiger partial charge in [0.25, 0.3) is 11.8 Å². The molecular weight excluding hydrogens is 688 g/mol. The molecule has 2 aliphatic heterocycles. The maximum atomic E-state index is 14.7. The van der Waals surface area contributed by atoms with Gasteiger partial charge >= 0.3 is 6.01 Å². The molecule has 17 heteroatoms. The van der Waals surface area contributed by atoms with E-state index >= 15 is 0 Å². The van der Waals surface area contributed by atoms with E-state index in [-0.39, 0.29) is 65.5 Å². The minimum atomic E-state index is -2.89. The summed E-state index contributed by atoms with van der Waals surface area (Å²) >= 11 is 8.22. The van der Waals surface area contributed by atoms with Gasteiger partial charge in [0.1, 0.15) is 29.3 Å². The van der Waals surface area contributed by atoms with Crippen molar-refractivity contribution in [3.8, 4) is 18.1 Å². The van der Waals surface area contributed by atoms with Gasteiger partial charge in [-0.3, -0.25) is 9.48 Å². The van der Waals surface area contributed by atoms with Crippen molar-refractivity contribution >= 4 is 45.5 Å². The van der Waals surface area contributed by atoms with E-state index in [9.17, 15) is 24.1 Å². The fourth-order valence-electron chi connectivity index (χ4n) is 7.82. The second kappa shape index (κ2) is 12.2. The number of carbonyl (C=O) groups excluding carboxylic acids is 1. The molecule has 5 heterocycles. The van der Waals surface area contributed by atoms with Crippen LogP contribution in [0.15, 0.2) is 0 Å². The summed E-state index contributed by atoms with van der Waals surface area (Å²) in [5, 5.41) is 25.9. The lowest BCUT2D eigenvalue weighted by atomic mass is 9.66. The molecule has 1 saturated carbocycles. The van der Waals surface area contributed by atoms with E-state index in [1.165, 1.54) is 16.2 Å². The fraction of sp³-hybridized carbons (Fsp3) is 0.576. The summed E-state index contributed by atoms with van der Waals surface area (Å²) in [6.45, 7) is 1.95. The van der Waals surface area contributed by atoms with Gasteiger partial charge in [0, 0.05) is 63.5 Å². The van der Waals surface area contributed by atoms with Crippen molar-refractivity contribution < 1.29 is 18.3 Å². The Morgan fingerprint density at radius 2 is 1.76 bits per heavy atom. The summed E-state index contributed by atoms with van der Waals surface area (Å²) < 4.78 is 37.2. The first-order valence-electron chi connectivity index (χ1n) is 16.5. The monoisotopic (exact) mass is 725 g/mol. The Morgan fingerprint density at radius 1 is 1.08 bits per heavy atom. The lowest BCUT2D eigenvalue weighted by molar-refractivity contribution is 0.0288. The van der Waals surface area contributed by atoms with Crippen LogP contribution >= 0.6 is 22.9 Å². The first-order chi connectivity index (χ1) is 23.7. The molecule has 0 bridgehead atoms. The third kappa shape index (κ3) is 5.48. The molecule has 1 amide bonds. The number of fused-ring (bicyclic) bond motifs is 3. The van der Waals surface area contributed by atoms with Crippen LogP contribution in [-0.2, 0) is 24.9 Å². The van der Waals surface area contributed by atoms with Crippen LogP contribution in [0.1, 0.15) is 63.4 Å². The molecular formula is C33H38ClF2N11O2S. The third-order valence-corrected chi connectivity index (χ3v) is 11.8. The Morgan fingerprint density at radius 3 is 2.38 bits per heavy atom. The van der Waals surface area contributed by atoms with Crippen molar-refractivity contribution in [1.29, 1.82) is 10.5 Å². The molecule has 50 heavy (non-hydrogen) atoms. The van der Waals surface area contributed by atoms with E-state index in [0.717, 1.165) is 29.7 Å². The van der Waals surface area contributed by atoms with Gasteiger partial charge in [-0.2, -0.15) is 25.6 Å². The average Bonchev–Trinajstić information content (AvgIpc) is 3.33. The summed E-state index contributed by atoms with van der Waals surface area (Å²) in [7, 11) is 6.74. The standard InChI is InChI=1S/C33H38ClF2N11O2S/c1-43(2)17-32(14-33(32,35)36)18-49-30-40-27(45-9-6-10-47-21(13-45)24(34)25(42-47)29(48)44(3)4)20(12-38)28(41-30)46-15-31(16-46)8-5-7-22-23(31)19(11-37)26(39)50-22/h5-10,13-18,39H2,1-4H3. The second-order valence-electron chi connectivity index (χ2n) is 14.4. The van der Waals surface area contributed by atoms with Crippen molar-refractivity contribution in [3.63, 3.8) is 0 Å². The summed E-state index contributed by atoms with van der Waals surface area (Å²) in [6, 6.07) is 4.52. The maximum absolute atomic E-state index is 14.7. The van der Waals surface area contributed by atoms with Crippen molar-refractivity contribution in [2.75, 3.05) is 76.5 Å². The van der Waals surface area contributed by atoms with Crippen LogP contribution in [0.5, 0.6) is 6.01 Å². The minimum absolute atomic E-state index is 0.107. The van der Waals surface area contributed by atoms with Crippen LogP contribution in [0.25, 0.3) is 0 Å². The van der Waals surface area contributed by atoms with Gasteiger partial charge in [0.15, 0.2) is 17.3 Å². The normalized spacial score (nSPS) is 21.5. The molecule has 3 aromatic rings. The highest BCUT2D eigenvalue weighted by Gasteiger charge is 2.71. The van der Waals surface area contributed by atoms with Crippen LogP contribution in [0.4, 0.5) is 25.4 Å². The van der Waals surface area contributed by atoms with Crippen LogP contribution in [-0.4, -0.2) is 102 Å². The maximum Gasteiger partial charge on any atom is 0.320 e. The van der Waals surface area contributed by atoms with E-state index < -0.39 is 11.3 Å². The van der Waals surface area contributed by atoms with Crippen LogP contribution < -0.4 is 20.3 Å². The molecule has 13 nitrogen and oxygen atoms in total. The molecule has 0 radical (unpaired) electrons. The number of halogens is 3. The number of aromatic nitrogens is 4. The molecule has 1 atom stereocenters. The third-order valence-electron chi connectivity index (χ3n) is 10.3. The van der Waals surface area contributed by atoms with Gasteiger partial charge in [0.2, 0.25) is 0 Å². The number of nitriles is 2. The van der Waals surface area contributed by atoms with Gasteiger partial charge in [-0.1, -0.05) is 11.6 Å². The largest absolute Gasteiger partial charge is 0.462 e. The van der Waals surface area contributed by atoms with E-state index in [1.807, 2.05) is 9.80 Å². The highest BCUT2D eigenvalue weighted by Crippen LogP contribution is 2.61. The number of amides is 1. The molecule has 0 aromatic carbocycles. The molecule has 7 rings (SSSR count). The van der Waals surface area contributed by atoms with Crippen molar-refractivity contribution in [2.45, 2.75) is 56.5 Å². The molecule has 2 fully saturated rings. The Kier molecular flexibility index (Phi) is 8.36. The van der Waals surface area contributed by atoms with E-state index in [2.05, 4.69) is 17.2 Å².